The van der Waals surface area contributed by atoms with Crippen LogP contribution in [0.4, 0.5) is 0 Å². The van der Waals surface area contributed by atoms with E-state index in [-0.39, 0.29) is 5.91 Å². The molecule has 3 nitrogen and oxygen atoms in total. The van der Waals surface area contributed by atoms with Crippen LogP contribution in [0.3, 0.4) is 0 Å². The molecule has 110 valence electrons. The maximum absolute atomic E-state index is 11.9. The summed E-state index contributed by atoms with van der Waals surface area (Å²) in [6.07, 6.45) is 2.57. The van der Waals surface area contributed by atoms with Gasteiger partial charge >= 0.3 is 0 Å². The van der Waals surface area contributed by atoms with E-state index in [9.17, 15) is 9.90 Å². The number of aliphatic hydroxyl groups is 1. The largest absolute Gasteiger partial charge is 0.388 e. The summed E-state index contributed by atoms with van der Waals surface area (Å²) in [4.78, 5) is 13.0. The Morgan fingerprint density at radius 2 is 2.05 bits per heavy atom. The topological polar surface area (TPSA) is 49.3 Å². The fourth-order valence-corrected chi connectivity index (χ4v) is 3.54. The molecule has 2 N–H and O–H groups in total. The van der Waals surface area contributed by atoms with Crippen LogP contribution in [0.5, 0.6) is 0 Å². The average Bonchev–Trinajstić information content (AvgIpc) is 2.98. The normalized spacial score (nSPS) is 20.8. The van der Waals surface area contributed by atoms with Crippen molar-refractivity contribution in [3.63, 3.8) is 0 Å². The molecule has 3 rings (SSSR count). The van der Waals surface area contributed by atoms with Crippen molar-refractivity contribution in [2.24, 2.45) is 0 Å². The first-order valence-corrected chi connectivity index (χ1v) is 8.11. The van der Waals surface area contributed by atoms with Gasteiger partial charge in [0.2, 0.25) is 5.91 Å². The summed E-state index contributed by atoms with van der Waals surface area (Å²) in [5.41, 5.74) is 1.69. The smallest absolute Gasteiger partial charge is 0.225 e. The molecule has 2 aromatic rings. The predicted molar refractivity (Wildman–Crippen MR) is 84.4 cm³/mol. The number of rotatable bonds is 4. The van der Waals surface area contributed by atoms with Crippen LogP contribution in [0.25, 0.3) is 0 Å². The first-order chi connectivity index (χ1) is 10.1. The lowest BCUT2D eigenvalue weighted by molar-refractivity contribution is -0.121. The van der Waals surface area contributed by atoms with Gasteiger partial charge in [0, 0.05) is 17.8 Å². The Bertz CT molecular complexity index is 623. The molecule has 0 unspecified atom stereocenters. The highest BCUT2D eigenvalue weighted by atomic mass is 32.1. The molecule has 0 spiro atoms. The van der Waals surface area contributed by atoms with Crippen molar-refractivity contribution < 1.29 is 9.90 Å². The minimum absolute atomic E-state index is 0.0234. The van der Waals surface area contributed by atoms with E-state index >= 15 is 0 Å². The second kappa shape index (κ2) is 6.00. The van der Waals surface area contributed by atoms with Crippen LogP contribution in [-0.4, -0.2) is 23.2 Å². The van der Waals surface area contributed by atoms with Crippen LogP contribution < -0.4 is 5.32 Å². The van der Waals surface area contributed by atoms with Crippen molar-refractivity contribution in [1.29, 1.82) is 0 Å². The number of carbonyl (C=O) groups is 1. The Morgan fingerprint density at radius 1 is 1.24 bits per heavy atom. The SMILES string of the molecule is O=C(Cc1cccs1)NC[C@@]1(O)CCc2ccccc2C1. The third kappa shape index (κ3) is 3.52. The summed E-state index contributed by atoms with van der Waals surface area (Å²) in [5.74, 6) is -0.0234. The monoisotopic (exact) mass is 301 g/mol. The molecule has 1 aliphatic carbocycles. The quantitative estimate of drug-likeness (QED) is 0.910. The zero-order chi connectivity index (χ0) is 14.7. The van der Waals surface area contributed by atoms with Crippen LogP contribution in [0.15, 0.2) is 41.8 Å². The Hall–Kier alpha value is -1.65. The fraction of sp³-hybridized carbons (Fsp3) is 0.353. The molecule has 1 amide bonds. The number of amides is 1. The number of hydrogen-bond acceptors (Lipinski definition) is 3. The Labute approximate surface area is 128 Å². The molecule has 4 heteroatoms. The van der Waals surface area contributed by atoms with Gasteiger partial charge in [0.25, 0.3) is 0 Å². The first kappa shape index (κ1) is 14.3. The van der Waals surface area contributed by atoms with Crippen molar-refractivity contribution in [2.45, 2.75) is 31.3 Å². The maximum atomic E-state index is 11.9. The number of carbonyl (C=O) groups excluding carboxylic acids is 1. The lowest BCUT2D eigenvalue weighted by Crippen LogP contribution is -2.47. The van der Waals surface area contributed by atoms with Crippen LogP contribution >= 0.6 is 11.3 Å². The van der Waals surface area contributed by atoms with Gasteiger partial charge in [-0.3, -0.25) is 4.79 Å². The van der Waals surface area contributed by atoms with Crippen LogP contribution in [0.2, 0.25) is 0 Å². The van der Waals surface area contributed by atoms with Gasteiger partial charge in [-0.2, -0.15) is 0 Å². The van der Waals surface area contributed by atoms with E-state index in [0.717, 1.165) is 11.3 Å². The van der Waals surface area contributed by atoms with E-state index in [2.05, 4.69) is 17.4 Å². The summed E-state index contributed by atoms with van der Waals surface area (Å²) in [6, 6.07) is 12.1. The highest BCUT2D eigenvalue weighted by Gasteiger charge is 2.32. The summed E-state index contributed by atoms with van der Waals surface area (Å²) in [5, 5.41) is 15.5. The molecule has 1 aliphatic rings. The zero-order valence-corrected chi connectivity index (χ0v) is 12.7. The number of thiophene rings is 1. The van der Waals surface area contributed by atoms with Gasteiger partial charge in [-0.1, -0.05) is 30.3 Å². The van der Waals surface area contributed by atoms with Gasteiger partial charge in [0.1, 0.15) is 0 Å². The lowest BCUT2D eigenvalue weighted by atomic mass is 9.80. The molecule has 0 aliphatic heterocycles. The molecule has 0 saturated carbocycles. The molecule has 1 aromatic carbocycles. The second-order valence-electron chi connectivity index (χ2n) is 5.70. The molecule has 21 heavy (non-hydrogen) atoms. The number of aryl methyl sites for hydroxylation is 1. The van der Waals surface area contributed by atoms with E-state index in [1.165, 1.54) is 11.1 Å². The number of fused-ring (bicyclic) bond motifs is 1. The standard InChI is InChI=1S/C17H19NO2S/c19-16(10-15-6-3-9-21-15)18-12-17(20)8-7-13-4-1-2-5-14(13)11-17/h1-6,9,20H,7-8,10-12H2,(H,18,19)/t17-/m1/s1. The minimum atomic E-state index is -0.820. The number of benzene rings is 1. The number of hydrogen-bond donors (Lipinski definition) is 2. The lowest BCUT2D eigenvalue weighted by Gasteiger charge is -2.33. The van der Waals surface area contributed by atoms with Crippen molar-refractivity contribution in [3.8, 4) is 0 Å². The first-order valence-electron chi connectivity index (χ1n) is 7.23. The summed E-state index contributed by atoms with van der Waals surface area (Å²) in [6.45, 7) is 0.325. The van der Waals surface area contributed by atoms with Crippen LogP contribution in [0.1, 0.15) is 22.4 Å². The van der Waals surface area contributed by atoms with Crippen molar-refractivity contribution >= 4 is 17.2 Å². The van der Waals surface area contributed by atoms with Crippen molar-refractivity contribution in [2.75, 3.05) is 6.54 Å². The summed E-state index contributed by atoms with van der Waals surface area (Å²) in [7, 11) is 0. The van der Waals surface area contributed by atoms with Gasteiger partial charge < -0.3 is 10.4 Å². The van der Waals surface area contributed by atoms with Gasteiger partial charge in [0.15, 0.2) is 0 Å². The molecule has 0 fully saturated rings. The van der Waals surface area contributed by atoms with E-state index in [1.807, 2.05) is 29.6 Å². The van der Waals surface area contributed by atoms with Gasteiger partial charge in [-0.15, -0.1) is 11.3 Å². The van der Waals surface area contributed by atoms with Gasteiger partial charge in [-0.25, -0.2) is 0 Å². The maximum Gasteiger partial charge on any atom is 0.225 e. The summed E-state index contributed by atoms with van der Waals surface area (Å²) >= 11 is 1.58. The molecular weight excluding hydrogens is 282 g/mol. The Kier molecular flexibility index (Phi) is 4.08. The van der Waals surface area contributed by atoms with Gasteiger partial charge in [0.05, 0.1) is 12.0 Å². The van der Waals surface area contributed by atoms with E-state index in [1.54, 1.807) is 11.3 Å². The highest BCUT2D eigenvalue weighted by Crippen LogP contribution is 2.28. The molecule has 0 saturated heterocycles. The second-order valence-corrected chi connectivity index (χ2v) is 6.73. The van der Waals surface area contributed by atoms with Crippen molar-refractivity contribution in [1.82, 2.24) is 5.32 Å². The molecular formula is C17H19NO2S. The molecule has 0 bridgehead atoms. The average molecular weight is 301 g/mol. The van der Waals surface area contributed by atoms with E-state index in [0.29, 0.717) is 25.8 Å². The Morgan fingerprint density at radius 3 is 2.81 bits per heavy atom. The molecule has 1 aromatic heterocycles. The third-order valence-electron chi connectivity index (χ3n) is 4.03. The van der Waals surface area contributed by atoms with E-state index in [4.69, 9.17) is 0 Å². The Balaban J connectivity index is 1.57. The predicted octanol–water partition coefficient (Wildman–Crippen LogP) is 2.33. The van der Waals surface area contributed by atoms with Crippen LogP contribution in [-0.2, 0) is 24.1 Å². The molecule has 1 atom stereocenters. The van der Waals surface area contributed by atoms with E-state index < -0.39 is 5.60 Å². The molecule has 1 heterocycles. The highest BCUT2D eigenvalue weighted by molar-refractivity contribution is 7.10. The minimum Gasteiger partial charge on any atom is -0.388 e. The van der Waals surface area contributed by atoms with Gasteiger partial charge in [-0.05, 0) is 35.4 Å². The third-order valence-corrected chi connectivity index (χ3v) is 4.90. The summed E-state index contributed by atoms with van der Waals surface area (Å²) < 4.78 is 0. The fourth-order valence-electron chi connectivity index (χ4n) is 2.83. The van der Waals surface area contributed by atoms with Crippen molar-refractivity contribution in [3.05, 3.63) is 57.8 Å². The zero-order valence-electron chi connectivity index (χ0n) is 11.8. The van der Waals surface area contributed by atoms with Crippen LogP contribution in [0, 0.1) is 0 Å². The number of nitrogens with one attached hydrogen (secondary N) is 1. The molecule has 0 radical (unpaired) electrons.